The molecule has 194 valence electrons. The van der Waals surface area contributed by atoms with Crippen LogP contribution in [0.15, 0.2) is 47.4 Å². The molecule has 0 saturated heterocycles. The van der Waals surface area contributed by atoms with Gasteiger partial charge in [0, 0.05) is 36.1 Å². The number of rotatable bonds is 6. The fraction of sp³-hybridized carbons (Fsp3) is 0.448. The van der Waals surface area contributed by atoms with Crippen molar-refractivity contribution in [3.63, 3.8) is 0 Å². The van der Waals surface area contributed by atoms with E-state index >= 15 is 0 Å². The summed E-state index contributed by atoms with van der Waals surface area (Å²) in [5.74, 6) is 1.84. The molecule has 0 radical (unpaired) electrons. The SMILES string of the molecule is CCn1c(=O)c2cnc(Nc3ccc4c(c3)CCC(CN(C)C)C4)nc2n1-c1cccc(C(C)(C)C)n1. The van der Waals surface area contributed by atoms with Gasteiger partial charge in [0.15, 0.2) is 11.5 Å². The van der Waals surface area contributed by atoms with E-state index in [1.54, 1.807) is 10.9 Å². The first kappa shape index (κ1) is 25.1. The summed E-state index contributed by atoms with van der Waals surface area (Å²) in [6.07, 6.45) is 5.02. The maximum atomic E-state index is 13.2. The lowest BCUT2D eigenvalue weighted by molar-refractivity contribution is 0.303. The van der Waals surface area contributed by atoms with E-state index in [0.29, 0.717) is 35.3 Å². The van der Waals surface area contributed by atoms with Crippen LogP contribution >= 0.6 is 0 Å². The summed E-state index contributed by atoms with van der Waals surface area (Å²) >= 11 is 0. The van der Waals surface area contributed by atoms with Crippen LogP contribution in [0.4, 0.5) is 11.6 Å². The van der Waals surface area contributed by atoms with Crippen molar-refractivity contribution >= 4 is 22.7 Å². The van der Waals surface area contributed by atoms with Crippen molar-refractivity contribution in [1.29, 1.82) is 0 Å². The molecule has 4 aromatic rings. The largest absolute Gasteiger partial charge is 0.324 e. The number of aryl methyl sites for hydroxylation is 1. The molecule has 5 rings (SSSR count). The Labute approximate surface area is 218 Å². The van der Waals surface area contributed by atoms with Gasteiger partial charge in [-0.05, 0) is 81.6 Å². The third-order valence-corrected chi connectivity index (χ3v) is 7.11. The van der Waals surface area contributed by atoms with Gasteiger partial charge in [-0.15, -0.1) is 0 Å². The Balaban J connectivity index is 1.50. The van der Waals surface area contributed by atoms with Gasteiger partial charge in [-0.2, -0.15) is 4.98 Å². The molecule has 0 fully saturated rings. The molecule has 0 aliphatic heterocycles. The zero-order valence-electron chi connectivity index (χ0n) is 22.7. The fourth-order valence-corrected chi connectivity index (χ4v) is 5.28. The molecule has 1 aromatic carbocycles. The molecule has 0 spiro atoms. The van der Waals surface area contributed by atoms with Crippen LogP contribution in [-0.2, 0) is 24.8 Å². The molecule has 0 saturated carbocycles. The first-order chi connectivity index (χ1) is 17.6. The lowest BCUT2D eigenvalue weighted by Gasteiger charge is -2.27. The van der Waals surface area contributed by atoms with Crippen molar-refractivity contribution in [3.8, 4) is 5.82 Å². The fourth-order valence-electron chi connectivity index (χ4n) is 5.28. The summed E-state index contributed by atoms with van der Waals surface area (Å²) in [7, 11) is 4.29. The molecule has 37 heavy (non-hydrogen) atoms. The second-order valence-electron chi connectivity index (χ2n) is 11.4. The third kappa shape index (κ3) is 5.03. The molecule has 1 aliphatic carbocycles. The van der Waals surface area contributed by atoms with Crippen molar-refractivity contribution in [2.45, 2.75) is 58.9 Å². The highest BCUT2D eigenvalue weighted by molar-refractivity contribution is 5.77. The van der Waals surface area contributed by atoms with Crippen LogP contribution in [0.2, 0.25) is 0 Å². The Morgan fingerprint density at radius 1 is 1.11 bits per heavy atom. The Bertz CT molecular complexity index is 1490. The number of aromatic nitrogens is 5. The van der Waals surface area contributed by atoms with Crippen LogP contribution in [0.5, 0.6) is 0 Å². The lowest BCUT2D eigenvalue weighted by Crippen LogP contribution is -2.26. The molecular formula is C29H37N7O. The number of nitrogens with one attached hydrogen (secondary N) is 1. The van der Waals surface area contributed by atoms with Gasteiger partial charge in [0.25, 0.3) is 5.56 Å². The van der Waals surface area contributed by atoms with Crippen LogP contribution in [-0.4, -0.2) is 49.9 Å². The Kier molecular flexibility index (Phi) is 6.62. The highest BCUT2D eigenvalue weighted by Crippen LogP contribution is 2.29. The standard InChI is InChI=1S/C29H37N7O/c1-7-35-27(37)23-17-30-28(33-26(23)36(35)25-10-8-9-24(32-25)29(2,3)4)31-22-14-13-20-15-19(18-34(5)6)11-12-21(20)16-22/h8-10,13-14,16-17,19H,7,11-12,15,18H2,1-6H3,(H,30,31,33). The number of pyridine rings is 1. The van der Waals surface area contributed by atoms with Gasteiger partial charge < -0.3 is 10.2 Å². The van der Waals surface area contributed by atoms with Gasteiger partial charge in [-0.1, -0.05) is 32.9 Å². The molecule has 1 atom stereocenters. The zero-order valence-corrected chi connectivity index (χ0v) is 22.7. The molecule has 1 N–H and O–H groups in total. The highest BCUT2D eigenvalue weighted by atomic mass is 16.1. The zero-order chi connectivity index (χ0) is 26.3. The van der Waals surface area contributed by atoms with Gasteiger partial charge in [-0.25, -0.2) is 19.3 Å². The minimum absolute atomic E-state index is 0.114. The van der Waals surface area contributed by atoms with Crippen molar-refractivity contribution in [2.75, 3.05) is 26.0 Å². The van der Waals surface area contributed by atoms with E-state index in [0.717, 1.165) is 30.8 Å². The van der Waals surface area contributed by atoms with Crippen molar-refractivity contribution in [1.82, 2.24) is 29.2 Å². The van der Waals surface area contributed by atoms with Crippen LogP contribution in [0, 0.1) is 5.92 Å². The molecule has 0 amide bonds. The van der Waals surface area contributed by atoms with Gasteiger partial charge in [0.1, 0.15) is 5.39 Å². The third-order valence-electron chi connectivity index (χ3n) is 7.11. The average Bonchev–Trinajstić information content (AvgIpc) is 3.14. The van der Waals surface area contributed by atoms with Gasteiger partial charge in [0.05, 0.1) is 0 Å². The van der Waals surface area contributed by atoms with E-state index in [1.165, 1.54) is 17.5 Å². The molecule has 3 aromatic heterocycles. The maximum absolute atomic E-state index is 13.2. The minimum atomic E-state index is -0.118. The molecule has 1 aliphatic rings. The van der Waals surface area contributed by atoms with Crippen LogP contribution in [0.25, 0.3) is 16.9 Å². The molecule has 1 unspecified atom stereocenters. The first-order valence-electron chi connectivity index (χ1n) is 13.1. The summed E-state index contributed by atoms with van der Waals surface area (Å²) in [5.41, 5.74) is 5.05. The van der Waals surface area contributed by atoms with Crippen LogP contribution in [0.1, 0.15) is 50.9 Å². The topological polar surface area (TPSA) is 80.9 Å². The summed E-state index contributed by atoms with van der Waals surface area (Å²) in [5, 5.41) is 3.85. The predicted molar refractivity (Wildman–Crippen MR) is 149 cm³/mol. The van der Waals surface area contributed by atoms with Gasteiger partial charge in [0.2, 0.25) is 5.95 Å². The summed E-state index contributed by atoms with van der Waals surface area (Å²) < 4.78 is 3.48. The van der Waals surface area contributed by atoms with Gasteiger partial charge >= 0.3 is 0 Å². The number of fused-ring (bicyclic) bond motifs is 2. The van der Waals surface area contributed by atoms with Crippen LogP contribution in [0.3, 0.4) is 0 Å². The Hall–Kier alpha value is -3.52. The number of hydrogen-bond donors (Lipinski definition) is 1. The molecular weight excluding hydrogens is 462 g/mol. The average molecular weight is 500 g/mol. The summed E-state index contributed by atoms with van der Waals surface area (Å²) in [4.78, 5) is 29.6. The second kappa shape index (κ2) is 9.74. The molecule has 3 heterocycles. The number of hydrogen-bond acceptors (Lipinski definition) is 6. The van der Waals surface area contributed by atoms with Crippen LogP contribution < -0.4 is 10.9 Å². The normalized spacial score (nSPS) is 15.8. The van der Waals surface area contributed by atoms with E-state index in [1.807, 2.05) is 29.8 Å². The Morgan fingerprint density at radius 2 is 1.92 bits per heavy atom. The van der Waals surface area contributed by atoms with E-state index in [9.17, 15) is 4.79 Å². The highest BCUT2D eigenvalue weighted by Gasteiger charge is 2.22. The van der Waals surface area contributed by atoms with Gasteiger partial charge in [-0.3, -0.25) is 4.79 Å². The molecule has 8 heteroatoms. The first-order valence-corrected chi connectivity index (χ1v) is 13.1. The van der Waals surface area contributed by atoms with E-state index in [-0.39, 0.29) is 11.0 Å². The monoisotopic (exact) mass is 499 g/mol. The Morgan fingerprint density at radius 3 is 2.65 bits per heavy atom. The van der Waals surface area contributed by atoms with Crippen molar-refractivity contribution < 1.29 is 0 Å². The molecule has 8 nitrogen and oxygen atoms in total. The molecule has 0 bridgehead atoms. The minimum Gasteiger partial charge on any atom is -0.324 e. The lowest BCUT2D eigenvalue weighted by atomic mass is 9.83. The second-order valence-corrected chi connectivity index (χ2v) is 11.4. The van der Waals surface area contributed by atoms with Crippen molar-refractivity contribution in [3.05, 3.63) is 69.8 Å². The van der Waals surface area contributed by atoms with Crippen molar-refractivity contribution in [2.24, 2.45) is 5.92 Å². The van der Waals surface area contributed by atoms with E-state index in [2.05, 4.69) is 68.3 Å². The summed E-state index contributed by atoms with van der Waals surface area (Å²) in [6.45, 7) is 9.97. The predicted octanol–water partition coefficient (Wildman–Crippen LogP) is 4.70. The van der Waals surface area contributed by atoms with E-state index < -0.39 is 0 Å². The smallest absolute Gasteiger partial charge is 0.278 e. The summed E-state index contributed by atoms with van der Waals surface area (Å²) in [6, 6.07) is 12.5. The van der Waals surface area contributed by atoms with E-state index in [4.69, 9.17) is 9.97 Å². The number of benzene rings is 1. The number of nitrogens with zero attached hydrogens (tertiary/aromatic N) is 6. The quantitative estimate of drug-likeness (QED) is 0.414. The number of anilines is 2. The maximum Gasteiger partial charge on any atom is 0.278 e.